The minimum atomic E-state index is -1.07. The molecule has 2 rings (SSSR count). The van der Waals surface area contributed by atoms with E-state index in [-0.39, 0.29) is 37.8 Å². The highest BCUT2D eigenvalue weighted by Gasteiger charge is 2.44. The average Bonchev–Trinajstić information content (AvgIpc) is 3.17. The molecule has 31 heavy (non-hydrogen) atoms. The molecule has 1 aromatic rings. The van der Waals surface area contributed by atoms with E-state index in [1.165, 1.54) is 12.1 Å². The number of amides is 1. The van der Waals surface area contributed by atoms with Gasteiger partial charge in [-0.3, -0.25) is 14.4 Å². The van der Waals surface area contributed by atoms with Crippen molar-refractivity contribution in [2.45, 2.75) is 70.9 Å². The Kier molecular flexibility index (Phi) is 9.43. The quantitative estimate of drug-likeness (QED) is 0.433. The number of benzene rings is 1. The summed E-state index contributed by atoms with van der Waals surface area (Å²) in [7, 11) is 0. The summed E-state index contributed by atoms with van der Waals surface area (Å²) < 4.78 is 18.8. The van der Waals surface area contributed by atoms with E-state index in [1.54, 1.807) is 12.1 Å². The van der Waals surface area contributed by atoms with Crippen molar-refractivity contribution in [3.05, 3.63) is 35.6 Å². The van der Waals surface area contributed by atoms with Crippen LogP contribution in [0.5, 0.6) is 0 Å². The van der Waals surface area contributed by atoms with Crippen LogP contribution in [0.2, 0.25) is 0 Å². The molecule has 1 aliphatic carbocycles. The third kappa shape index (κ3) is 7.61. The van der Waals surface area contributed by atoms with Crippen LogP contribution in [0.25, 0.3) is 0 Å². The lowest BCUT2D eigenvalue weighted by atomic mass is 9.75. The fourth-order valence-corrected chi connectivity index (χ4v) is 4.36. The van der Waals surface area contributed by atoms with E-state index in [2.05, 4.69) is 5.32 Å². The smallest absolute Gasteiger partial charge is 0.306 e. The van der Waals surface area contributed by atoms with Gasteiger partial charge in [-0.2, -0.15) is 0 Å². The van der Waals surface area contributed by atoms with Crippen molar-refractivity contribution in [3.63, 3.8) is 0 Å². The predicted molar refractivity (Wildman–Crippen MR) is 112 cm³/mol. The normalized spacial score (nSPS) is 17.1. The molecule has 0 spiro atoms. The van der Waals surface area contributed by atoms with E-state index in [0.29, 0.717) is 31.2 Å². The van der Waals surface area contributed by atoms with Gasteiger partial charge >= 0.3 is 11.9 Å². The van der Waals surface area contributed by atoms with E-state index >= 15 is 0 Å². The number of hydrogen-bond acceptors (Lipinski definition) is 4. The monoisotopic (exact) mass is 437 g/mol. The van der Waals surface area contributed by atoms with Crippen LogP contribution < -0.4 is 5.32 Å². The van der Waals surface area contributed by atoms with Gasteiger partial charge in [-0.05, 0) is 43.4 Å². The fourth-order valence-electron chi connectivity index (χ4n) is 4.36. The molecule has 8 heteroatoms. The van der Waals surface area contributed by atoms with E-state index in [0.717, 1.165) is 12.8 Å². The van der Waals surface area contributed by atoms with Gasteiger partial charge in [0.1, 0.15) is 5.82 Å². The van der Waals surface area contributed by atoms with Crippen molar-refractivity contribution in [1.82, 2.24) is 5.32 Å². The third-order valence-corrected chi connectivity index (χ3v) is 5.90. The molecule has 1 saturated carbocycles. The van der Waals surface area contributed by atoms with Crippen molar-refractivity contribution in [2.24, 2.45) is 11.3 Å². The first-order chi connectivity index (χ1) is 14.8. The lowest BCUT2D eigenvalue weighted by Crippen LogP contribution is -2.48. The van der Waals surface area contributed by atoms with Gasteiger partial charge in [-0.25, -0.2) is 4.39 Å². The first-order valence-electron chi connectivity index (χ1n) is 10.8. The Hall–Kier alpha value is -2.48. The number of hydrogen-bond donors (Lipinski definition) is 3. The Balaban J connectivity index is 2.04. The summed E-state index contributed by atoms with van der Waals surface area (Å²) in [5.74, 6) is -3.26. The van der Waals surface area contributed by atoms with Crippen molar-refractivity contribution in [3.8, 4) is 0 Å². The summed E-state index contributed by atoms with van der Waals surface area (Å²) in [6.07, 6.45) is 4.02. The molecule has 1 fully saturated rings. The van der Waals surface area contributed by atoms with Crippen LogP contribution in [0.15, 0.2) is 24.3 Å². The van der Waals surface area contributed by atoms with Crippen LogP contribution in [0, 0.1) is 17.2 Å². The molecule has 0 aromatic heterocycles. The number of carboxylic acid groups (broad SMARTS) is 2. The number of carbonyl (C=O) groups is 3. The number of halogens is 1. The van der Waals surface area contributed by atoms with Crippen molar-refractivity contribution in [1.29, 1.82) is 0 Å². The van der Waals surface area contributed by atoms with Gasteiger partial charge in [0.2, 0.25) is 5.91 Å². The highest BCUT2D eigenvalue weighted by atomic mass is 19.1. The zero-order chi connectivity index (χ0) is 22.9. The lowest BCUT2D eigenvalue weighted by molar-refractivity contribution is -0.144. The van der Waals surface area contributed by atoms with Gasteiger partial charge in [0.05, 0.1) is 37.0 Å². The summed E-state index contributed by atoms with van der Waals surface area (Å²) in [6.45, 7) is 1.96. The SMILES string of the molecule is CCCC(CC1(C(=O)NC(COCc2cccc(F)c2)CC(=O)O)CCCC1)C(=O)O. The second-order valence-electron chi connectivity index (χ2n) is 8.43. The average molecular weight is 438 g/mol. The van der Waals surface area contributed by atoms with Crippen LogP contribution in [0.4, 0.5) is 4.39 Å². The Labute approximate surface area is 182 Å². The van der Waals surface area contributed by atoms with E-state index in [1.807, 2.05) is 6.92 Å². The number of carbonyl (C=O) groups excluding carboxylic acids is 1. The van der Waals surface area contributed by atoms with Crippen LogP contribution in [-0.4, -0.2) is 40.7 Å². The molecule has 3 N–H and O–H groups in total. The van der Waals surface area contributed by atoms with E-state index in [9.17, 15) is 29.0 Å². The maximum atomic E-state index is 13.3. The first kappa shape index (κ1) is 24.8. The molecule has 1 aliphatic rings. The second-order valence-corrected chi connectivity index (χ2v) is 8.43. The number of carboxylic acids is 2. The number of ether oxygens (including phenoxy) is 1. The molecule has 0 saturated heterocycles. The molecular formula is C23H32FNO6. The minimum absolute atomic E-state index is 0.0397. The summed E-state index contributed by atoms with van der Waals surface area (Å²) in [6, 6.07) is 5.15. The van der Waals surface area contributed by atoms with Crippen molar-refractivity contribution < 1.29 is 33.7 Å². The molecule has 2 unspecified atom stereocenters. The van der Waals surface area contributed by atoms with Crippen LogP contribution in [0.1, 0.15) is 63.9 Å². The van der Waals surface area contributed by atoms with E-state index < -0.39 is 29.3 Å². The van der Waals surface area contributed by atoms with Gasteiger partial charge in [0, 0.05) is 0 Å². The maximum absolute atomic E-state index is 13.3. The van der Waals surface area contributed by atoms with Crippen molar-refractivity contribution in [2.75, 3.05) is 6.61 Å². The molecule has 7 nitrogen and oxygen atoms in total. The molecule has 1 amide bonds. The fraction of sp³-hybridized carbons (Fsp3) is 0.609. The Bertz CT molecular complexity index is 762. The number of aliphatic carboxylic acids is 2. The third-order valence-electron chi connectivity index (χ3n) is 5.90. The summed E-state index contributed by atoms with van der Waals surface area (Å²) in [4.78, 5) is 36.1. The van der Waals surface area contributed by atoms with Gasteiger partial charge in [-0.15, -0.1) is 0 Å². The number of nitrogens with one attached hydrogen (secondary N) is 1. The van der Waals surface area contributed by atoms with Crippen molar-refractivity contribution >= 4 is 17.8 Å². The van der Waals surface area contributed by atoms with E-state index in [4.69, 9.17) is 4.74 Å². The van der Waals surface area contributed by atoms with Gasteiger partial charge in [-0.1, -0.05) is 38.3 Å². The zero-order valence-corrected chi connectivity index (χ0v) is 17.9. The number of rotatable bonds is 13. The standard InChI is InChI=1S/C23H32FNO6/c1-2-6-17(21(28)29)13-23(9-3-4-10-23)22(30)25-19(12-20(26)27)15-31-14-16-7-5-8-18(24)11-16/h5,7-8,11,17,19H,2-4,6,9-10,12-15H2,1H3,(H,25,30)(H,26,27)(H,28,29). The topological polar surface area (TPSA) is 113 Å². The summed E-state index contributed by atoms with van der Waals surface area (Å²) in [5.41, 5.74) is -0.186. The van der Waals surface area contributed by atoms with Gasteiger partial charge < -0.3 is 20.3 Å². The molecule has 0 heterocycles. The summed E-state index contributed by atoms with van der Waals surface area (Å²) >= 11 is 0. The first-order valence-corrected chi connectivity index (χ1v) is 10.8. The Morgan fingerprint density at radius 3 is 2.52 bits per heavy atom. The van der Waals surface area contributed by atoms with Gasteiger partial charge in [0.15, 0.2) is 0 Å². The van der Waals surface area contributed by atoms with Crippen LogP contribution in [0.3, 0.4) is 0 Å². The Morgan fingerprint density at radius 1 is 1.23 bits per heavy atom. The van der Waals surface area contributed by atoms with Gasteiger partial charge in [0.25, 0.3) is 0 Å². The molecule has 0 radical (unpaired) electrons. The highest BCUT2D eigenvalue weighted by molar-refractivity contribution is 5.84. The Morgan fingerprint density at radius 2 is 1.94 bits per heavy atom. The second kappa shape index (κ2) is 11.8. The summed E-state index contributed by atoms with van der Waals surface area (Å²) in [5, 5.41) is 21.6. The molecule has 172 valence electrons. The predicted octanol–water partition coefficient (Wildman–Crippen LogP) is 3.75. The minimum Gasteiger partial charge on any atom is -0.481 e. The largest absolute Gasteiger partial charge is 0.481 e. The highest BCUT2D eigenvalue weighted by Crippen LogP contribution is 2.44. The molecule has 1 aromatic carbocycles. The molecule has 2 atom stereocenters. The molecular weight excluding hydrogens is 405 g/mol. The van der Waals surface area contributed by atoms with Crippen LogP contribution in [-0.2, 0) is 25.7 Å². The lowest BCUT2D eigenvalue weighted by Gasteiger charge is -2.32. The zero-order valence-electron chi connectivity index (χ0n) is 17.9. The van der Waals surface area contributed by atoms with Crippen LogP contribution >= 0.6 is 0 Å². The molecule has 0 bridgehead atoms. The molecule has 0 aliphatic heterocycles. The maximum Gasteiger partial charge on any atom is 0.306 e.